The SMILES string of the molecule is CC12C(=O)N(c3ccc(F)c(Cl)c3)C(=O)C1CC1C(=CCC3C(=O)N(c4cccc(C(=O)O)c4)C(=O)C31)C2c1c(O)ccc2ccccc12. The second kappa shape index (κ2) is 10.8. The van der Waals surface area contributed by atoms with Gasteiger partial charge in [0, 0.05) is 11.5 Å². The number of aromatic carboxylic acids is 1. The van der Waals surface area contributed by atoms with E-state index in [1.807, 2.05) is 30.3 Å². The van der Waals surface area contributed by atoms with E-state index in [0.29, 0.717) is 16.5 Å². The molecule has 9 nitrogen and oxygen atoms in total. The van der Waals surface area contributed by atoms with Gasteiger partial charge in [0.05, 0.1) is 45.1 Å². The number of carboxylic acid groups (broad SMARTS) is 1. The number of nitrogens with zero attached hydrogens (tertiary/aromatic N) is 2. The quantitative estimate of drug-likeness (QED) is 0.187. The van der Waals surface area contributed by atoms with Crippen molar-refractivity contribution >= 4 is 63.3 Å². The van der Waals surface area contributed by atoms with Crippen LogP contribution in [-0.2, 0) is 19.2 Å². The number of amides is 4. The summed E-state index contributed by atoms with van der Waals surface area (Å²) in [6.45, 7) is 1.70. The Balaban J connectivity index is 1.31. The molecule has 4 aromatic carbocycles. The van der Waals surface area contributed by atoms with Crippen LogP contribution < -0.4 is 9.80 Å². The minimum atomic E-state index is -1.45. The molecule has 11 heteroatoms. The number of halogens is 2. The summed E-state index contributed by atoms with van der Waals surface area (Å²) in [5, 5.41) is 22.3. The lowest BCUT2D eigenvalue weighted by Crippen LogP contribution is -2.49. The van der Waals surface area contributed by atoms with E-state index >= 15 is 0 Å². The van der Waals surface area contributed by atoms with E-state index in [0.717, 1.165) is 21.3 Å². The number of phenols is 1. The molecule has 6 unspecified atom stereocenters. The highest BCUT2D eigenvalue weighted by molar-refractivity contribution is 6.32. The zero-order chi connectivity index (χ0) is 34.5. The Morgan fingerprint density at radius 2 is 1.63 bits per heavy atom. The summed E-state index contributed by atoms with van der Waals surface area (Å²) in [6.07, 6.45) is 2.10. The second-order valence-electron chi connectivity index (χ2n) is 13.3. The van der Waals surface area contributed by atoms with Gasteiger partial charge in [0.25, 0.3) is 0 Å². The van der Waals surface area contributed by atoms with Crippen molar-refractivity contribution in [1.82, 2.24) is 0 Å². The third-order valence-electron chi connectivity index (χ3n) is 11.0. The van der Waals surface area contributed by atoms with Crippen LogP contribution in [0, 0.1) is 34.9 Å². The first-order chi connectivity index (χ1) is 23.4. The summed E-state index contributed by atoms with van der Waals surface area (Å²) in [6, 6.07) is 19.9. The fourth-order valence-corrected chi connectivity index (χ4v) is 8.99. The van der Waals surface area contributed by atoms with Crippen LogP contribution in [0.4, 0.5) is 15.8 Å². The lowest BCUT2D eigenvalue weighted by atomic mass is 9.51. The first-order valence-corrected chi connectivity index (χ1v) is 16.3. The molecule has 0 aromatic heterocycles. The largest absolute Gasteiger partial charge is 0.508 e. The number of benzene rings is 4. The van der Waals surface area contributed by atoms with Crippen molar-refractivity contribution in [2.24, 2.45) is 29.1 Å². The first kappa shape index (κ1) is 31.0. The number of rotatable bonds is 4. The number of carbonyl (C=O) groups excluding carboxylic acids is 4. The maximum Gasteiger partial charge on any atom is 0.335 e. The Bertz CT molecular complexity index is 2220. The first-order valence-electron chi connectivity index (χ1n) is 15.9. The van der Waals surface area contributed by atoms with Crippen molar-refractivity contribution in [3.8, 4) is 5.75 Å². The van der Waals surface area contributed by atoms with Crippen LogP contribution in [0.3, 0.4) is 0 Å². The predicted molar refractivity (Wildman–Crippen MR) is 178 cm³/mol. The summed E-state index contributed by atoms with van der Waals surface area (Å²) >= 11 is 6.09. The summed E-state index contributed by atoms with van der Waals surface area (Å²) < 4.78 is 14.2. The van der Waals surface area contributed by atoms with Crippen LogP contribution in [0.15, 0.2) is 90.5 Å². The zero-order valence-electron chi connectivity index (χ0n) is 26.0. The number of phenolic OH excluding ortho intramolecular Hbond substituents is 1. The Morgan fingerprint density at radius 3 is 2.39 bits per heavy atom. The highest BCUT2D eigenvalue weighted by Gasteiger charge is 2.68. The van der Waals surface area contributed by atoms with Gasteiger partial charge in [-0.25, -0.2) is 14.1 Å². The molecule has 2 aliphatic heterocycles. The molecule has 0 bridgehead atoms. The van der Waals surface area contributed by atoms with E-state index in [9.17, 15) is 38.6 Å². The molecule has 4 amide bonds. The molecule has 49 heavy (non-hydrogen) atoms. The van der Waals surface area contributed by atoms with E-state index < -0.39 is 70.4 Å². The highest BCUT2D eigenvalue weighted by Crippen LogP contribution is 2.65. The van der Waals surface area contributed by atoms with Gasteiger partial charge >= 0.3 is 5.97 Å². The second-order valence-corrected chi connectivity index (χ2v) is 13.8. The molecular formula is C38H28ClFN2O7. The zero-order valence-corrected chi connectivity index (χ0v) is 26.7. The van der Waals surface area contributed by atoms with E-state index in [4.69, 9.17) is 11.6 Å². The van der Waals surface area contributed by atoms with Crippen LogP contribution in [0.25, 0.3) is 10.8 Å². The molecule has 2 heterocycles. The molecule has 246 valence electrons. The topological polar surface area (TPSA) is 132 Å². The number of anilines is 2. The third kappa shape index (κ3) is 4.26. The lowest BCUT2D eigenvalue weighted by Gasteiger charge is -2.49. The number of allylic oxidation sites excluding steroid dienone is 2. The number of hydrogen-bond donors (Lipinski definition) is 2. The summed E-state index contributed by atoms with van der Waals surface area (Å²) in [4.78, 5) is 71.2. The average Bonchev–Trinajstić information content (AvgIpc) is 3.46. The van der Waals surface area contributed by atoms with Gasteiger partial charge in [-0.3, -0.25) is 24.1 Å². The van der Waals surface area contributed by atoms with Crippen molar-refractivity contribution < 1.29 is 38.6 Å². The fraction of sp³-hybridized carbons (Fsp3) is 0.237. The third-order valence-corrected chi connectivity index (χ3v) is 11.3. The fourth-order valence-electron chi connectivity index (χ4n) is 8.81. The van der Waals surface area contributed by atoms with Gasteiger partial charge in [0.2, 0.25) is 23.6 Å². The normalized spacial score (nSPS) is 27.7. The number of carbonyl (C=O) groups is 5. The summed E-state index contributed by atoms with van der Waals surface area (Å²) in [5.41, 5.74) is -0.180. The Hall–Kier alpha value is -5.35. The molecule has 2 saturated heterocycles. The Morgan fingerprint density at radius 1 is 0.878 bits per heavy atom. The Labute approximate surface area is 284 Å². The maximum absolute atomic E-state index is 14.7. The smallest absolute Gasteiger partial charge is 0.335 e. The van der Waals surface area contributed by atoms with Crippen LogP contribution in [0.5, 0.6) is 5.75 Å². The van der Waals surface area contributed by atoms with Crippen LogP contribution in [-0.4, -0.2) is 39.8 Å². The van der Waals surface area contributed by atoms with Gasteiger partial charge in [-0.15, -0.1) is 0 Å². The van der Waals surface area contributed by atoms with Crippen molar-refractivity contribution in [2.75, 3.05) is 9.80 Å². The average molecular weight is 679 g/mol. The van der Waals surface area contributed by atoms with E-state index in [1.54, 1.807) is 19.1 Å². The minimum Gasteiger partial charge on any atom is -0.508 e. The molecule has 6 atom stereocenters. The van der Waals surface area contributed by atoms with Crippen LogP contribution in [0.2, 0.25) is 5.02 Å². The van der Waals surface area contributed by atoms with Gasteiger partial charge < -0.3 is 10.2 Å². The number of fused-ring (bicyclic) bond motifs is 5. The number of imide groups is 2. The molecule has 3 fully saturated rings. The molecule has 0 radical (unpaired) electrons. The van der Waals surface area contributed by atoms with Crippen molar-refractivity contribution in [3.05, 3.63) is 112 Å². The van der Waals surface area contributed by atoms with E-state index in [-0.39, 0.29) is 40.6 Å². The standard InChI is InChI=1S/C38H28ClFN2O7/c1-38-26(34(45)42(37(38)49)21-10-13-28(40)27(39)16-21)17-25-23(32(38)31-22-8-3-2-5-18(22)9-14-29(31)43)11-12-24-30(25)35(46)41(33(24)44)20-7-4-6-19(15-20)36(47)48/h2-11,13-16,24-26,30,32,43H,12,17H2,1H3,(H,47,48). The molecular weight excluding hydrogens is 651 g/mol. The van der Waals surface area contributed by atoms with Gasteiger partial charge in [0.15, 0.2) is 0 Å². The van der Waals surface area contributed by atoms with Crippen molar-refractivity contribution in [3.63, 3.8) is 0 Å². The van der Waals surface area contributed by atoms with Gasteiger partial charge in [-0.05, 0) is 78.9 Å². The molecule has 0 spiro atoms. The number of aromatic hydroxyl groups is 1. The molecule has 4 aliphatic rings. The minimum absolute atomic E-state index is 0.0591. The highest BCUT2D eigenvalue weighted by atomic mass is 35.5. The van der Waals surface area contributed by atoms with Crippen LogP contribution >= 0.6 is 11.6 Å². The van der Waals surface area contributed by atoms with E-state index in [2.05, 4.69) is 0 Å². The van der Waals surface area contributed by atoms with Gasteiger partial charge in [-0.1, -0.05) is 59.6 Å². The van der Waals surface area contributed by atoms with Crippen molar-refractivity contribution in [2.45, 2.75) is 25.7 Å². The maximum atomic E-state index is 14.7. The number of hydrogen-bond acceptors (Lipinski definition) is 6. The van der Waals surface area contributed by atoms with Gasteiger partial charge in [-0.2, -0.15) is 0 Å². The number of carboxylic acids is 1. The van der Waals surface area contributed by atoms with Gasteiger partial charge in [0.1, 0.15) is 11.6 Å². The molecule has 4 aromatic rings. The summed E-state index contributed by atoms with van der Waals surface area (Å²) in [5.74, 6) is -8.31. The molecule has 2 aliphatic carbocycles. The molecule has 8 rings (SSSR count). The van der Waals surface area contributed by atoms with Crippen molar-refractivity contribution in [1.29, 1.82) is 0 Å². The monoisotopic (exact) mass is 678 g/mol. The molecule has 1 saturated carbocycles. The lowest BCUT2D eigenvalue weighted by molar-refractivity contribution is -0.131. The summed E-state index contributed by atoms with van der Waals surface area (Å²) in [7, 11) is 0. The van der Waals surface area contributed by atoms with E-state index in [1.165, 1.54) is 36.4 Å². The predicted octanol–water partition coefficient (Wildman–Crippen LogP) is 6.47. The van der Waals surface area contributed by atoms with Crippen LogP contribution in [0.1, 0.15) is 41.6 Å². The molecule has 2 N–H and O–H groups in total. The Kier molecular flexibility index (Phi) is 6.84.